The number of aromatic amines is 1. The van der Waals surface area contributed by atoms with Crippen LogP contribution in [0, 0.1) is 5.92 Å². The van der Waals surface area contributed by atoms with Gasteiger partial charge in [-0.25, -0.2) is 4.52 Å². The second-order valence-electron chi connectivity index (χ2n) is 9.32. The number of hydrogen-bond acceptors (Lipinski definition) is 8. The second-order valence-corrected chi connectivity index (χ2v) is 10.5. The van der Waals surface area contributed by atoms with Gasteiger partial charge in [0.25, 0.3) is 0 Å². The summed E-state index contributed by atoms with van der Waals surface area (Å²) in [4.78, 5) is 7.42. The highest BCUT2D eigenvalue weighted by molar-refractivity contribution is 7.97. The van der Waals surface area contributed by atoms with Gasteiger partial charge in [0.1, 0.15) is 0 Å². The van der Waals surface area contributed by atoms with Gasteiger partial charge >= 0.3 is 0 Å². The van der Waals surface area contributed by atoms with Gasteiger partial charge in [-0.2, -0.15) is 10.1 Å². The molecule has 2 aliphatic heterocycles. The molecular formula is C24H36N8OS. The number of rotatable bonds is 10. The summed E-state index contributed by atoms with van der Waals surface area (Å²) in [6.07, 6.45) is 10.7. The molecule has 0 bridgehead atoms. The summed E-state index contributed by atoms with van der Waals surface area (Å²) in [6, 6.07) is 2.37. The van der Waals surface area contributed by atoms with Gasteiger partial charge < -0.3 is 15.0 Å². The Morgan fingerprint density at radius 3 is 2.91 bits per heavy atom. The zero-order valence-electron chi connectivity index (χ0n) is 20.2. The van der Waals surface area contributed by atoms with Gasteiger partial charge in [0.2, 0.25) is 5.95 Å². The molecule has 34 heavy (non-hydrogen) atoms. The first-order chi connectivity index (χ1) is 16.7. The topological polar surface area (TPSA) is 86.6 Å². The molecule has 0 saturated carbocycles. The molecule has 0 radical (unpaired) electrons. The van der Waals surface area contributed by atoms with Crippen molar-refractivity contribution in [2.75, 3.05) is 50.4 Å². The van der Waals surface area contributed by atoms with Gasteiger partial charge in [-0.3, -0.25) is 9.40 Å². The molecule has 5 heterocycles. The highest BCUT2D eigenvalue weighted by Gasteiger charge is 2.27. The van der Waals surface area contributed by atoms with Crippen molar-refractivity contribution >= 4 is 23.5 Å². The maximum absolute atomic E-state index is 5.99. The lowest BCUT2D eigenvalue weighted by molar-refractivity contribution is 0.277. The molecule has 2 N–H and O–H groups in total. The minimum Gasteiger partial charge on any atom is -0.489 e. The summed E-state index contributed by atoms with van der Waals surface area (Å²) in [5.41, 5.74) is 2.66. The maximum Gasteiger partial charge on any atom is 0.243 e. The van der Waals surface area contributed by atoms with E-state index >= 15 is 0 Å². The zero-order valence-corrected chi connectivity index (χ0v) is 21.1. The molecule has 2 aliphatic rings. The summed E-state index contributed by atoms with van der Waals surface area (Å²) in [7, 11) is 0. The van der Waals surface area contributed by atoms with Gasteiger partial charge in [0.05, 0.1) is 12.8 Å². The zero-order chi connectivity index (χ0) is 23.3. The smallest absolute Gasteiger partial charge is 0.243 e. The lowest BCUT2D eigenvalue weighted by Gasteiger charge is -2.36. The van der Waals surface area contributed by atoms with E-state index in [1.807, 2.05) is 37.3 Å². The quantitative estimate of drug-likeness (QED) is 0.332. The Balaban J connectivity index is 1.18. The van der Waals surface area contributed by atoms with Crippen LogP contribution < -0.4 is 10.1 Å². The third-order valence-corrected chi connectivity index (χ3v) is 8.00. The predicted molar refractivity (Wildman–Crippen MR) is 137 cm³/mol. The van der Waals surface area contributed by atoms with E-state index in [4.69, 9.17) is 14.8 Å². The van der Waals surface area contributed by atoms with Crippen molar-refractivity contribution in [1.82, 2.24) is 34.0 Å². The molecule has 184 valence electrons. The van der Waals surface area contributed by atoms with Gasteiger partial charge in [0.15, 0.2) is 11.4 Å². The van der Waals surface area contributed by atoms with E-state index in [2.05, 4.69) is 31.6 Å². The molecule has 9 nitrogen and oxygen atoms in total. The van der Waals surface area contributed by atoms with E-state index in [1.165, 1.54) is 44.6 Å². The van der Waals surface area contributed by atoms with Crippen molar-refractivity contribution < 1.29 is 4.74 Å². The number of H-pyrrole nitrogens is 1. The Bertz CT molecular complexity index is 1050. The van der Waals surface area contributed by atoms with Crippen LogP contribution in [0.25, 0.3) is 16.8 Å². The first kappa shape index (κ1) is 23.4. The molecular weight excluding hydrogens is 448 g/mol. The molecule has 10 heteroatoms. The fourth-order valence-corrected chi connectivity index (χ4v) is 6.08. The molecule has 5 rings (SSSR count). The molecule has 0 aliphatic carbocycles. The van der Waals surface area contributed by atoms with Crippen molar-refractivity contribution in [2.45, 2.75) is 45.6 Å². The van der Waals surface area contributed by atoms with Crippen LogP contribution in [0.2, 0.25) is 0 Å². The molecule has 0 amide bonds. The second kappa shape index (κ2) is 11.0. The van der Waals surface area contributed by atoms with Crippen LogP contribution in [-0.2, 0) is 0 Å². The summed E-state index contributed by atoms with van der Waals surface area (Å²) in [5.74, 6) is 3.14. The van der Waals surface area contributed by atoms with Crippen molar-refractivity contribution in [3.8, 4) is 16.9 Å². The van der Waals surface area contributed by atoms with Crippen LogP contribution >= 0.6 is 11.9 Å². The fraction of sp³-hybridized carbons (Fsp3) is 0.625. The summed E-state index contributed by atoms with van der Waals surface area (Å²) in [5, 5.41) is 15.2. The summed E-state index contributed by atoms with van der Waals surface area (Å²) >= 11 is 2.02. The number of fused-ring (bicyclic) bond motifs is 1. The van der Waals surface area contributed by atoms with Crippen LogP contribution in [0.3, 0.4) is 0 Å². The van der Waals surface area contributed by atoms with E-state index < -0.39 is 0 Å². The van der Waals surface area contributed by atoms with Crippen molar-refractivity contribution in [2.24, 2.45) is 5.92 Å². The predicted octanol–water partition coefficient (Wildman–Crippen LogP) is 3.77. The monoisotopic (exact) mass is 484 g/mol. The van der Waals surface area contributed by atoms with Crippen LogP contribution in [0.15, 0.2) is 24.7 Å². The summed E-state index contributed by atoms with van der Waals surface area (Å²) < 4.78 is 10.3. The van der Waals surface area contributed by atoms with E-state index in [0.717, 1.165) is 42.0 Å². The Hall–Kier alpha value is -2.30. The molecule has 2 unspecified atom stereocenters. The largest absolute Gasteiger partial charge is 0.489 e. The number of ether oxygens (including phenoxy) is 1. The van der Waals surface area contributed by atoms with Gasteiger partial charge in [0, 0.05) is 48.4 Å². The number of likely N-dealkylation sites (tertiary alicyclic amines) is 1. The van der Waals surface area contributed by atoms with E-state index in [1.54, 1.807) is 10.7 Å². The first-order valence-corrected chi connectivity index (χ1v) is 13.5. The lowest BCUT2D eigenvalue weighted by Crippen LogP contribution is -2.42. The number of nitrogens with one attached hydrogen (secondary N) is 2. The molecule has 2 atom stereocenters. The first-order valence-electron chi connectivity index (χ1n) is 12.6. The Morgan fingerprint density at radius 2 is 2.15 bits per heavy atom. The van der Waals surface area contributed by atoms with Crippen LogP contribution in [0.1, 0.15) is 39.5 Å². The Morgan fingerprint density at radius 1 is 1.26 bits per heavy atom. The molecule has 2 saturated heterocycles. The number of hydrogen-bond donors (Lipinski definition) is 2. The fourth-order valence-electron chi connectivity index (χ4n) is 4.99. The third-order valence-electron chi connectivity index (χ3n) is 6.83. The number of nitrogens with zero attached hydrogens (tertiary/aromatic N) is 6. The summed E-state index contributed by atoms with van der Waals surface area (Å²) in [6.45, 7) is 10.9. The Kier molecular flexibility index (Phi) is 7.56. The van der Waals surface area contributed by atoms with Crippen molar-refractivity contribution in [1.29, 1.82) is 0 Å². The molecule has 3 aromatic heterocycles. The highest BCUT2D eigenvalue weighted by atomic mass is 32.2. The normalized spacial score (nSPS) is 21.9. The number of piperidine rings is 1. The van der Waals surface area contributed by atoms with E-state index in [9.17, 15) is 0 Å². The third kappa shape index (κ3) is 5.34. The Labute approximate surface area is 205 Å². The average Bonchev–Trinajstić information content (AvgIpc) is 3.61. The van der Waals surface area contributed by atoms with Gasteiger partial charge in [-0.05, 0) is 64.2 Å². The minimum absolute atomic E-state index is 0.364. The maximum atomic E-state index is 5.99. The number of anilines is 1. The van der Waals surface area contributed by atoms with Crippen molar-refractivity contribution in [3.05, 3.63) is 24.7 Å². The molecule has 0 spiro atoms. The van der Waals surface area contributed by atoms with Crippen molar-refractivity contribution in [3.63, 3.8) is 0 Å². The van der Waals surface area contributed by atoms with Crippen LogP contribution in [0.5, 0.6) is 5.75 Å². The number of aromatic nitrogens is 5. The standard InChI is InChI=1S/C24H36N8OS/c1-3-33-22-20(19-15-25-26-16-19)7-13-32-23(22)28-24(29-32)27-21-8-12-31(17-18(21)2)34-14-6-11-30-9-4-5-10-30/h7,13,15-16,18,21H,3-6,8-12,14,17H2,1-2H3,(H,25,26)(H,27,29). The highest BCUT2D eigenvalue weighted by Crippen LogP contribution is 2.33. The van der Waals surface area contributed by atoms with Crippen LogP contribution in [-0.4, -0.2) is 85.1 Å². The van der Waals surface area contributed by atoms with Gasteiger partial charge in [-0.1, -0.05) is 18.9 Å². The molecule has 3 aromatic rings. The minimum atomic E-state index is 0.364. The van der Waals surface area contributed by atoms with Crippen LogP contribution in [0.4, 0.5) is 5.95 Å². The average molecular weight is 485 g/mol. The lowest BCUT2D eigenvalue weighted by atomic mass is 9.95. The molecule has 2 fully saturated rings. The van der Waals surface area contributed by atoms with E-state index in [0.29, 0.717) is 24.5 Å². The van der Waals surface area contributed by atoms with E-state index in [-0.39, 0.29) is 0 Å². The SMILES string of the molecule is CCOc1c(-c2cn[nH]c2)ccn2nc(NC3CCN(SCCCN4CCCC4)CC3C)nc12. The van der Waals surface area contributed by atoms with Gasteiger partial charge in [-0.15, -0.1) is 5.10 Å². The molecule has 0 aromatic carbocycles. The number of pyridine rings is 1.